The number of ether oxygens (including phenoxy) is 1. The van der Waals surface area contributed by atoms with Crippen molar-refractivity contribution >= 4 is 16.7 Å². The SMILES string of the molecule is CC(O)c1cccc(-c2nccnc2OC2CN(c3ccc4ccccc4n3)C2)c1. The van der Waals surface area contributed by atoms with E-state index in [1.165, 1.54) is 0 Å². The summed E-state index contributed by atoms with van der Waals surface area (Å²) in [5.41, 5.74) is 3.39. The van der Waals surface area contributed by atoms with Gasteiger partial charge in [-0.2, -0.15) is 0 Å². The minimum Gasteiger partial charge on any atom is -0.469 e. The van der Waals surface area contributed by atoms with Gasteiger partial charge in [0.05, 0.1) is 24.7 Å². The monoisotopic (exact) mass is 398 g/mol. The summed E-state index contributed by atoms with van der Waals surface area (Å²) in [4.78, 5) is 15.8. The van der Waals surface area contributed by atoms with Gasteiger partial charge in [0.25, 0.3) is 0 Å². The minimum absolute atomic E-state index is 0.0219. The number of hydrogen-bond acceptors (Lipinski definition) is 6. The van der Waals surface area contributed by atoms with Crippen LogP contribution in [0.3, 0.4) is 0 Å². The van der Waals surface area contributed by atoms with Crippen molar-refractivity contribution < 1.29 is 9.84 Å². The van der Waals surface area contributed by atoms with E-state index in [2.05, 4.69) is 27.0 Å². The van der Waals surface area contributed by atoms with Gasteiger partial charge in [-0.15, -0.1) is 0 Å². The molecule has 6 nitrogen and oxygen atoms in total. The lowest BCUT2D eigenvalue weighted by Crippen LogP contribution is -2.54. The molecular formula is C24H22N4O2. The van der Waals surface area contributed by atoms with Gasteiger partial charge in [0.15, 0.2) is 0 Å². The lowest BCUT2D eigenvalue weighted by Gasteiger charge is -2.39. The third kappa shape index (κ3) is 3.57. The standard InChI is InChI=1S/C24H22N4O2/c1-16(29)18-6-4-7-19(13-18)23-24(26-12-11-25-23)30-20-14-28(15-20)22-10-9-17-5-2-3-8-21(17)27-22/h2-13,16,20,29H,14-15H2,1H3. The molecule has 2 aromatic heterocycles. The average Bonchev–Trinajstić information content (AvgIpc) is 2.76. The number of fused-ring (bicyclic) bond motifs is 1. The second-order valence-electron chi connectivity index (χ2n) is 7.52. The van der Waals surface area contributed by atoms with Crippen molar-refractivity contribution in [3.8, 4) is 17.1 Å². The molecule has 3 heterocycles. The first-order chi connectivity index (χ1) is 14.7. The highest BCUT2D eigenvalue weighted by molar-refractivity contribution is 5.80. The molecule has 0 saturated carbocycles. The number of hydrogen-bond donors (Lipinski definition) is 1. The number of nitrogens with zero attached hydrogens (tertiary/aromatic N) is 4. The van der Waals surface area contributed by atoms with Crippen LogP contribution in [0.4, 0.5) is 5.82 Å². The highest BCUT2D eigenvalue weighted by Gasteiger charge is 2.31. The minimum atomic E-state index is -0.541. The van der Waals surface area contributed by atoms with Crippen molar-refractivity contribution in [1.29, 1.82) is 0 Å². The van der Waals surface area contributed by atoms with E-state index in [4.69, 9.17) is 9.72 Å². The van der Waals surface area contributed by atoms with Gasteiger partial charge < -0.3 is 14.7 Å². The molecule has 1 saturated heterocycles. The first-order valence-corrected chi connectivity index (χ1v) is 10.0. The van der Waals surface area contributed by atoms with Gasteiger partial charge >= 0.3 is 0 Å². The third-order valence-corrected chi connectivity index (χ3v) is 5.34. The van der Waals surface area contributed by atoms with Crippen LogP contribution >= 0.6 is 0 Å². The van der Waals surface area contributed by atoms with Crippen LogP contribution in [0.25, 0.3) is 22.2 Å². The summed E-state index contributed by atoms with van der Waals surface area (Å²) in [6.07, 6.45) is 2.77. The van der Waals surface area contributed by atoms with Crippen molar-refractivity contribution in [1.82, 2.24) is 15.0 Å². The fraction of sp³-hybridized carbons (Fsp3) is 0.208. The fourth-order valence-corrected chi connectivity index (χ4v) is 3.64. The molecule has 2 aromatic carbocycles. The Bertz CT molecular complexity index is 1190. The molecule has 1 aliphatic heterocycles. The molecule has 150 valence electrons. The normalized spacial score (nSPS) is 15.1. The molecular weight excluding hydrogens is 376 g/mol. The molecule has 0 bridgehead atoms. The van der Waals surface area contributed by atoms with E-state index in [0.29, 0.717) is 11.6 Å². The van der Waals surface area contributed by atoms with Crippen molar-refractivity contribution in [2.75, 3.05) is 18.0 Å². The van der Waals surface area contributed by atoms with Crippen molar-refractivity contribution in [3.05, 3.63) is 78.6 Å². The first kappa shape index (κ1) is 18.5. The molecule has 1 N–H and O–H groups in total. The van der Waals surface area contributed by atoms with E-state index in [-0.39, 0.29) is 6.10 Å². The molecule has 6 heteroatoms. The Morgan fingerprint density at radius 1 is 1.00 bits per heavy atom. The fourth-order valence-electron chi connectivity index (χ4n) is 3.64. The quantitative estimate of drug-likeness (QED) is 0.548. The number of aliphatic hydroxyl groups excluding tert-OH is 1. The van der Waals surface area contributed by atoms with Crippen LogP contribution in [-0.4, -0.2) is 39.3 Å². The molecule has 0 radical (unpaired) electrons. The Morgan fingerprint density at radius 2 is 1.83 bits per heavy atom. The third-order valence-electron chi connectivity index (χ3n) is 5.34. The molecule has 1 fully saturated rings. The van der Waals surface area contributed by atoms with E-state index in [1.54, 1.807) is 19.3 Å². The van der Waals surface area contributed by atoms with Crippen molar-refractivity contribution in [3.63, 3.8) is 0 Å². The van der Waals surface area contributed by atoms with Crippen LogP contribution in [0.2, 0.25) is 0 Å². The summed E-state index contributed by atoms with van der Waals surface area (Å²) in [5, 5.41) is 11.0. The summed E-state index contributed by atoms with van der Waals surface area (Å²) in [6.45, 7) is 3.24. The molecule has 0 amide bonds. The van der Waals surface area contributed by atoms with Gasteiger partial charge in [0.2, 0.25) is 5.88 Å². The van der Waals surface area contributed by atoms with E-state index in [0.717, 1.165) is 40.9 Å². The van der Waals surface area contributed by atoms with E-state index >= 15 is 0 Å². The molecule has 0 aliphatic carbocycles. The van der Waals surface area contributed by atoms with Gasteiger partial charge in [-0.3, -0.25) is 0 Å². The highest BCUT2D eigenvalue weighted by Crippen LogP contribution is 2.30. The Kier molecular flexibility index (Phi) is 4.77. The maximum absolute atomic E-state index is 9.88. The van der Waals surface area contributed by atoms with Crippen LogP contribution < -0.4 is 9.64 Å². The van der Waals surface area contributed by atoms with Gasteiger partial charge in [-0.25, -0.2) is 15.0 Å². The van der Waals surface area contributed by atoms with Gasteiger partial charge in [0.1, 0.15) is 17.6 Å². The Labute approximate surface area is 174 Å². The molecule has 1 atom stereocenters. The molecule has 5 rings (SSSR count). The summed E-state index contributed by atoms with van der Waals surface area (Å²) in [5.74, 6) is 1.47. The Hall–Kier alpha value is -3.51. The maximum atomic E-state index is 9.88. The number of benzene rings is 2. The summed E-state index contributed by atoms with van der Waals surface area (Å²) in [7, 11) is 0. The summed E-state index contributed by atoms with van der Waals surface area (Å²) < 4.78 is 6.17. The first-order valence-electron chi connectivity index (χ1n) is 10.0. The second kappa shape index (κ2) is 7.72. The lowest BCUT2D eigenvalue weighted by atomic mass is 10.0. The van der Waals surface area contributed by atoms with Gasteiger partial charge in [-0.1, -0.05) is 36.4 Å². The highest BCUT2D eigenvalue weighted by atomic mass is 16.5. The smallest absolute Gasteiger partial charge is 0.240 e. The average molecular weight is 398 g/mol. The number of pyridine rings is 1. The van der Waals surface area contributed by atoms with Crippen LogP contribution in [0.15, 0.2) is 73.1 Å². The van der Waals surface area contributed by atoms with Crippen LogP contribution in [-0.2, 0) is 0 Å². The molecule has 30 heavy (non-hydrogen) atoms. The maximum Gasteiger partial charge on any atom is 0.240 e. The van der Waals surface area contributed by atoms with Crippen LogP contribution in [0.1, 0.15) is 18.6 Å². The lowest BCUT2D eigenvalue weighted by molar-refractivity contribution is 0.160. The topological polar surface area (TPSA) is 71.4 Å². The number of rotatable bonds is 5. The summed E-state index contributed by atoms with van der Waals surface area (Å²) in [6, 6.07) is 19.9. The van der Waals surface area contributed by atoms with Crippen molar-refractivity contribution in [2.45, 2.75) is 19.1 Å². The number of anilines is 1. The van der Waals surface area contributed by atoms with E-state index in [9.17, 15) is 5.11 Å². The zero-order valence-corrected chi connectivity index (χ0v) is 16.6. The van der Waals surface area contributed by atoms with Gasteiger partial charge in [-0.05, 0) is 36.8 Å². The predicted molar refractivity (Wildman–Crippen MR) is 116 cm³/mol. The Balaban J connectivity index is 1.31. The van der Waals surface area contributed by atoms with E-state index < -0.39 is 6.10 Å². The van der Waals surface area contributed by atoms with Gasteiger partial charge in [0, 0.05) is 23.3 Å². The molecule has 4 aromatic rings. The molecule has 0 spiro atoms. The Morgan fingerprint density at radius 3 is 2.70 bits per heavy atom. The largest absolute Gasteiger partial charge is 0.469 e. The predicted octanol–water partition coefficient (Wildman–Crippen LogP) is 4.01. The number of aliphatic hydroxyl groups is 1. The number of para-hydroxylation sites is 1. The zero-order chi connectivity index (χ0) is 20.5. The number of aromatic nitrogens is 3. The van der Waals surface area contributed by atoms with Crippen LogP contribution in [0.5, 0.6) is 5.88 Å². The molecule has 1 unspecified atom stereocenters. The summed E-state index contributed by atoms with van der Waals surface area (Å²) >= 11 is 0. The van der Waals surface area contributed by atoms with E-state index in [1.807, 2.05) is 48.5 Å². The second-order valence-corrected chi connectivity index (χ2v) is 7.52. The zero-order valence-electron chi connectivity index (χ0n) is 16.6. The van der Waals surface area contributed by atoms with Crippen LogP contribution in [0, 0.1) is 0 Å². The molecule has 1 aliphatic rings. The van der Waals surface area contributed by atoms with Crippen molar-refractivity contribution in [2.24, 2.45) is 0 Å².